The highest BCUT2D eigenvalue weighted by Crippen LogP contribution is 2.56. The molecule has 0 unspecified atom stereocenters. The fourth-order valence-electron chi connectivity index (χ4n) is 4.03. The van der Waals surface area contributed by atoms with Crippen LogP contribution in [0.4, 0.5) is 0 Å². The highest BCUT2D eigenvalue weighted by Gasteiger charge is 2.52. The van der Waals surface area contributed by atoms with Crippen molar-refractivity contribution in [3.63, 3.8) is 0 Å². The molecule has 88 valence electrons. The van der Waals surface area contributed by atoms with Gasteiger partial charge < -0.3 is 5.32 Å². The molecule has 2 bridgehead atoms. The van der Waals surface area contributed by atoms with Crippen LogP contribution >= 0.6 is 12.2 Å². The van der Waals surface area contributed by atoms with Gasteiger partial charge in [-0.15, -0.1) is 0 Å². The molecular weight excluding hydrogens is 218 g/mol. The smallest absolute Gasteiger partial charge is 0.181 e. The van der Waals surface area contributed by atoms with Gasteiger partial charge in [-0.25, -0.2) is 5.43 Å². The number of hydrazine groups is 1. The molecule has 2 saturated carbocycles. The second-order valence-electron chi connectivity index (χ2n) is 5.26. The van der Waals surface area contributed by atoms with E-state index in [4.69, 9.17) is 12.2 Å². The summed E-state index contributed by atoms with van der Waals surface area (Å²) in [6.07, 6.45) is 8.84. The van der Waals surface area contributed by atoms with E-state index in [2.05, 4.69) is 28.3 Å². The molecule has 3 nitrogen and oxygen atoms in total. The lowest BCUT2D eigenvalue weighted by Gasteiger charge is -2.32. The van der Waals surface area contributed by atoms with Crippen molar-refractivity contribution in [2.75, 3.05) is 7.05 Å². The van der Waals surface area contributed by atoms with E-state index in [0.29, 0.717) is 6.04 Å². The van der Waals surface area contributed by atoms with Gasteiger partial charge in [-0.3, -0.25) is 5.43 Å². The van der Waals surface area contributed by atoms with E-state index >= 15 is 0 Å². The number of rotatable bonds is 2. The highest BCUT2D eigenvalue weighted by atomic mass is 32.1. The van der Waals surface area contributed by atoms with Gasteiger partial charge in [0.25, 0.3) is 0 Å². The van der Waals surface area contributed by atoms with Crippen molar-refractivity contribution in [1.29, 1.82) is 0 Å². The Morgan fingerprint density at radius 1 is 1.31 bits per heavy atom. The molecule has 3 rings (SSSR count). The zero-order valence-electron chi connectivity index (χ0n) is 9.57. The maximum atomic E-state index is 5.22. The van der Waals surface area contributed by atoms with Gasteiger partial charge in [-0.2, -0.15) is 0 Å². The molecule has 0 saturated heterocycles. The maximum absolute atomic E-state index is 5.22. The lowest BCUT2D eigenvalue weighted by Crippen LogP contribution is -2.49. The third-order valence-electron chi connectivity index (χ3n) is 4.56. The van der Waals surface area contributed by atoms with E-state index in [1.54, 1.807) is 0 Å². The van der Waals surface area contributed by atoms with E-state index in [0.717, 1.165) is 28.8 Å². The summed E-state index contributed by atoms with van der Waals surface area (Å²) in [5.74, 6) is 3.52. The van der Waals surface area contributed by atoms with Gasteiger partial charge in [0.1, 0.15) is 0 Å². The number of nitrogens with one attached hydrogen (secondary N) is 3. The molecule has 0 radical (unpaired) electrons. The van der Waals surface area contributed by atoms with Gasteiger partial charge in [0, 0.05) is 13.1 Å². The largest absolute Gasteiger partial charge is 0.359 e. The first-order chi connectivity index (χ1) is 7.79. The lowest BCUT2D eigenvalue weighted by atomic mass is 9.79. The standard InChI is InChI=1S/C12H19N3S/c1-13-15-12(16)14-11-6-7-5-10(11)9-4-2-3-8(7)9/h2,4,7-11,13H,3,5-6H2,1H3,(H2,14,15,16)/t7-,8-,9+,10-,11+/m1/s1. The normalized spacial score (nSPS) is 43.4. The summed E-state index contributed by atoms with van der Waals surface area (Å²) < 4.78 is 0. The Balaban J connectivity index is 1.63. The number of allylic oxidation sites excluding steroid dienone is 2. The molecule has 0 amide bonds. The zero-order chi connectivity index (χ0) is 11.1. The van der Waals surface area contributed by atoms with Crippen molar-refractivity contribution in [3.05, 3.63) is 12.2 Å². The van der Waals surface area contributed by atoms with Crippen LogP contribution in [0.3, 0.4) is 0 Å². The summed E-state index contributed by atoms with van der Waals surface area (Å²) in [6, 6.07) is 0.586. The van der Waals surface area contributed by atoms with Crippen molar-refractivity contribution in [1.82, 2.24) is 16.2 Å². The molecule has 3 aliphatic rings. The zero-order valence-corrected chi connectivity index (χ0v) is 10.4. The van der Waals surface area contributed by atoms with Crippen LogP contribution in [-0.4, -0.2) is 18.2 Å². The second kappa shape index (κ2) is 4.00. The maximum Gasteiger partial charge on any atom is 0.181 e. The third kappa shape index (κ3) is 1.55. The van der Waals surface area contributed by atoms with Crippen LogP contribution in [-0.2, 0) is 0 Å². The monoisotopic (exact) mass is 237 g/mol. The van der Waals surface area contributed by atoms with Crippen molar-refractivity contribution >= 4 is 17.3 Å². The summed E-state index contributed by atoms with van der Waals surface area (Å²) >= 11 is 5.22. The Labute approximate surface area is 102 Å². The lowest BCUT2D eigenvalue weighted by molar-refractivity contribution is 0.245. The van der Waals surface area contributed by atoms with Crippen molar-refractivity contribution in [3.8, 4) is 0 Å². The second-order valence-corrected chi connectivity index (χ2v) is 5.66. The van der Waals surface area contributed by atoms with E-state index in [1.807, 2.05) is 7.05 Å². The molecule has 0 spiro atoms. The number of hydrogen-bond donors (Lipinski definition) is 3. The molecule has 16 heavy (non-hydrogen) atoms. The van der Waals surface area contributed by atoms with Gasteiger partial charge in [-0.05, 0) is 55.2 Å². The van der Waals surface area contributed by atoms with Gasteiger partial charge in [0.15, 0.2) is 5.11 Å². The highest BCUT2D eigenvalue weighted by molar-refractivity contribution is 7.80. The minimum absolute atomic E-state index is 0.586. The molecular formula is C12H19N3S. The van der Waals surface area contributed by atoms with Crippen LogP contribution < -0.4 is 16.2 Å². The molecule has 0 aromatic heterocycles. The van der Waals surface area contributed by atoms with E-state index in [-0.39, 0.29) is 0 Å². The molecule has 0 aliphatic heterocycles. The number of thiocarbonyl (C=S) groups is 1. The van der Waals surface area contributed by atoms with Crippen LogP contribution in [0.5, 0.6) is 0 Å². The summed E-state index contributed by atoms with van der Waals surface area (Å²) in [5, 5.41) is 4.18. The van der Waals surface area contributed by atoms with Gasteiger partial charge in [0.2, 0.25) is 0 Å². The van der Waals surface area contributed by atoms with Crippen LogP contribution in [0.1, 0.15) is 19.3 Å². The van der Waals surface area contributed by atoms with Crippen molar-refractivity contribution < 1.29 is 0 Å². The predicted octanol–water partition coefficient (Wildman–Crippen LogP) is 1.19. The van der Waals surface area contributed by atoms with Crippen molar-refractivity contribution in [2.45, 2.75) is 25.3 Å². The molecule has 0 heterocycles. The van der Waals surface area contributed by atoms with Crippen molar-refractivity contribution in [2.24, 2.45) is 23.7 Å². The number of fused-ring (bicyclic) bond motifs is 5. The minimum atomic E-state index is 0.586. The van der Waals surface area contributed by atoms with Gasteiger partial charge in [-0.1, -0.05) is 12.2 Å². The fraction of sp³-hybridized carbons (Fsp3) is 0.750. The quantitative estimate of drug-likeness (QED) is 0.383. The molecule has 4 heteroatoms. The van der Waals surface area contributed by atoms with Crippen LogP contribution in [0.25, 0.3) is 0 Å². The molecule has 3 N–H and O–H groups in total. The molecule has 0 aromatic rings. The molecule has 0 aromatic carbocycles. The summed E-state index contributed by atoms with van der Waals surface area (Å²) in [7, 11) is 1.84. The molecule has 3 aliphatic carbocycles. The van der Waals surface area contributed by atoms with E-state index in [1.165, 1.54) is 19.3 Å². The number of hydrogen-bond acceptors (Lipinski definition) is 2. The third-order valence-corrected chi connectivity index (χ3v) is 4.78. The summed E-state index contributed by atoms with van der Waals surface area (Å²) in [6.45, 7) is 0. The van der Waals surface area contributed by atoms with E-state index < -0.39 is 0 Å². The molecule has 5 atom stereocenters. The fourth-order valence-corrected chi connectivity index (χ4v) is 4.28. The Morgan fingerprint density at radius 2 is 2.19 bits per heavy atom. The van der Waals surface area contributed by atoms with E-state index in [9.17, 15) is 0 Å². The first-order valence-electron chi connectivity index (χ1n) is 6.19. The Kier molecular flexibility index (Phi) is 2.64. The van der Waals surface area contributed by atoms with Crippen LogP contribution in [0, 0.1) is 23.7 Å². The average Bonchev–Trinajstić information content (AvgIpc) is 2.86. The topological polar surface area (TPSA) is 36.1 Å². The first kappa shape index (κ1) is 10.5. The predicted molar refractivity (Wildman–Crippen MR) is 68.7 cm³/mol. The average molecular weight is 237 g/mol. The first-order valence-corrected chi connectivity index (χ1v) is 6.60. The summed E-state index contributed by atoms with van der Waals surface area (Å²) in [5.41, 5.74) is 5.81. The molecule has 2 fully saturated rings. The van der Waals surface area contributed by atoms with Crippen LogP contribution in [0.2, 0.25) is 0 Å². The summed E-state index contributed by atoms with van der Waals surface area (Å²) in [4.78, 5) is 0. The Morgan fingerprint density at radius 3 is 3.00 bits per heavy atom. The SMILES string of the molecule is CNNC(=S)N[C@H]1C[C@H]2C[C@@H]1[C@H]1C=CC[C@H]21. The minimum Gasteiger partial charge on any atom is -0.359 e. The Hall–Kier alpha value is -0.610. The van der Waals surface area contributed by atoms with Crippen LogP contribution in [0.15, 0.2) is 12.2 Å². The van der Waals surface area contributed by atoms with Gasteiger partial charge in [0.05, 0.1) is 0 Å². The Bertz CT molecular complexity index is 328. The van der Waals surface area contributed by atoms with Gasteiger partial charge >= 0.3 is 0 Å².